The molecule has 3 heteroatoms. The largest absolute Gasteiger partial charge is 0.393 e. The topological polar surface area (TPSA) is 49.3 Å². The van der Waals surface area contributed by atoms with E-state index >= 15 is 0 Å². The van der Waals surface area contributed by atoms with E-state index in [2.05, 4.69) is 5.32 Å². The molecule has 0 aliphatic heterocycles. The van der Waals surface area contributed by atoms with E-state index in [1.165, 1.54) is 6.92 Å². The van der Waals surface area contributed by atoms with Crippen molar-refractivity contribution in [3.8, 4) is 0 Å². The standard InChI is InChI=1S/C9H19NO2/c1-7(10-9(3)12)5-4-6-8(2)11/h7-8,11H,4-6H2,1-3H3,(H,10,12). The van der Waals surface area contributed by atoms with Crippen LogP contribution in [-0.2, 0) is 4.79 Å². The number of hydrogen-bond donors (Lipinski definition) is 2. The third-order valence-electron chi connectivity index (χ3n) is 1.71. The molecule has 0 rings (SSSR count). The second-order valence-electron chi connectivity index (χ2n) is 3.38. The van der Waals surface area contributed by atoms with E-state index in [1.807, 2.05) is 6.92 Å². The highest BCUT2D eigenvalue weighted by Crippen LogP contribution is 2.03. The van der Waals surface area contributed by atoms with E-state index < -0.39 is 0 Å². The average Bonchev–Trinajstić information content (AvgIpc) is 1.84. The summed E-state index contributed by atoms with van der Waals surface area (Å²) in [6.45, 7) is 5.28. The molecule has 0 heterocycles. The van der Waals surface area contributed by atoms with E-state index in [-0.39, 0.29) is 18.1 Å². The highest BCUT2D eigenvalue weighted by molar-refractivity contribution is 5.73. The molecule has 2 unspecified atom stereocenters. The van der Waals surface area contributed by atoms with Crippen molar-refractivity contribution < 1.29 is 9.90 Å². The zero-order chi connectivity index (χ0) is 9.56. The van der Waals surface area contributed by atoms with Gasteiger partial charge in [-0.15, -0.1) is 0 Å². The summed E-state index contributed by atoms with van der Waals surface area (Å²) in [5.74, 6) is 0.0135. The van der Waals surface area contributed by atoms with Crippen molar-refractivity contribution >= 4 is 5.91 Å². The predicted octanol–water partition coefficient (Wildman–Crippen LogP) is 1.06. The van der Waals surface area contributed by atoms with Crippen molar-refractivity contribution in [3.05, 3.63) is 0 Å². The van der Waals surface area contributed by atoms with Crippen LogP contribution in [0.4, 0.5) is 0 Å². The third-order valence-corrected chi connectivity index (χ3v) is 1.71. The summed E-state index contributed by atoms with van der Waals surface area (Å²) >= 11 is 0. The van der Waals surface area contributed by atoms with Gasteiger partial charge >= 0.3 is 0 Å². The van der Waals surface area contributed by atoms with Crippen LogP contribution in [0.15, 0.2) is 0 Å². The molecule has 12 heavy (non-hydrogen) atoms. The Morgan fingerprint density at radius 2 is 2.00 bits per heavy atom. The lowest BCUT2D eigenvalue weighted by atomic mass is 10.1. The average molecular weight is 173 g/mol. The first kappa shape index (κ1) is 11.4. The van der Waals surface area contributed by atoms with Crippen LogP contribution in [0.5, 0.6) is 0 Å². The van der Waals surface area contributed by atoms with Crippen LogP contribution in [0.2, 0.25) is 0 Å². The molecule has 2 atom stereocenters. The molecule has 2 N–H and O–H groups in total. The molecule has 0 aromatic rings. The van der Waals surface area contributed by atoms with Gasteiger partial charge in [0.05, 0.1) is 6.10 Å². The zero-order valence-electron chi connectivity index (χ0n) is 8.13. The van der Waals surface area contributed by atoms with Gasteiger partial charge in [0.1, 0.15) is 0 Å². The Labute approximate surface area is 74.2 Å². The molecule has 0 aromatic carbocycles. The molecule has 0 aromatic heterocycles. The van der Waals surface area contributed by atoms with E-state index in [1.54, 1.807) is 6.92 Å². The molecule has 0 aliphatic rings. The highest BCUT2D eigenvalue weighted by Gasteiger charge is 2.03. The molecule has 0 saturated heterocycles. The number of hydrogen-bond acceptors (Lipinski definition) is 2. The van der Waals surface area contributed by atoms with Crippen molar-refractivity contribution in [3.63, 3.8) is 0 Å². The first-order valence-corrected chi connectivity index (χ1v) is 4.47. The number of amides is 1. The molecule has 0 fully saturated rings. The quantitative estimate of drug-likeness (QED) is 0.653. The van der Waals surface area contributed by atoms with Crippen LogP contribution in [0.25, 0.3) is 0 Å². The lowest BCUT2D eigenvalue weighted by Gasteiger charge is -2.12. The van der Waals surface area contributed by atoms with Gasteiger partial charge in [0.25, 0.3) is 0 Å². The van der Waals surface area contributed by atoms with Gasteiger partial charge in [-0.05, 0) is 33.1 Å². The number of nitrogens with one attached hydrogen (secondary N) is 1. The molecule has 0 saturated carbocycles. The molecule has 1 amide bonds. The fourth-order valence-corrected chi connectivity index (χ4v) is 1.14. The summed E-state index contributed by atoms with van der Waals surface area (Å²) in [6, 6.07) is 0.223. The predicted molar refractivity (Wildman–Crippen MR) is 48.8 cm³/mol. The van der Waals surface area contributed by atoms with Gasteiger partial charge in [-0.25, -0.2) is 0 Å². The van der Waals surface area contributed by atoms with Crippen molar-refractivity contribution in [2.45, 2.75) is 52.2 Å². The molecule has 0 aliphatic carbocycles. The first-order valence-electron chi connectivity index (χ1n) is 4.47. The molecule has 3 nitrogen and oxygen atoms in total. The summed E-state index contributed by atoms with van der Waals surface area (Å²) < 4.78 is 0. The summed E-state index contributed by atoms with van der Waals surface area (Å²) in [4.78, 5) is 10.6. The summed E-state index contributed by atoms with van der Waals surface area (Å²) in [6.07, 6.45) is 2.47. The van der Waals surface area contributed by atoms with Gasteiger partial charge in [0.2, 0.25) is 5.91 Å². The minimum Gasteiger partial charge on any atom is -0.393 e. The van der Waals surface area contributed by atoms with Crippen LogP contribution >= 0.6 is 0 Å². The fourth-order valence-electron chi connectivity index (χ4n) is 1.14. The summed E-state index contributed by atoms with van der Waals surface area (Å²) in [7, 11) is 0. The zero-order valence-corrected chi connectivity index (χ0v) is 8.13. The van der Waals surface area contributed by atoms with Crippen molar-refractivity contribution in [1.82, 2.24) is 5.32 Å². The normalized spacial score (nSPS) is 15.3. The summed E-state index contributed by atoms with van der Waals surface area (Å²) in [5.41, 5.74) is 0. The second-order valence-corrected chi connectivity index (χ2v) is 3.38. The maximum absolute atomic E-state index is 10.6. The van der Waals surface area contributed by atoms with Crippen LogP contribution in [-0.4, -0.2) is 23.2 Å². The van der Waals surface area contributed by atoms with Crippen LogP contribution < -0.4 is 5.32 Å². The van der Waals surface area contributed by atoms with Crippen LogP contribution in [0.3, 0.4) is 0 Å². The maximum Gasteiger partial charge on any atom is 0.217 e. The molecular formula is C9H19NO2. The van der Waals surface area contributed by atoms with Crippen molar-refractivity contribution in [2.24, 2.45) is 0 Å². The van der Waals surface area contributed by atoms with Gasteiger partial charge in [0.15, 0.2) is 0 Å². The van der Waals surface area contributed by atoms with E-state index in [0.717, 1.165) is 19.3 Å². The molecule has 72 valence electrons. The molecule has 0 bridgehead atoms. The van der Waals surface area contributed by atoms with E-state index in [9.17, 15) is 4.79 Å². The van der Waals surface area contributed by atoms with Crippen LogP contribution in [0.1, 0.15) is 40.0 Å². The van der Waals surface area contributed by atoms with Gasteiger partial charge in [-0.1, -0.05) is 0 Å². The van der Waals surface area contributed by atoms with Gasteiger partial charge < -0.3 is 10.4 Å². The Hall–Kier alpha value is -0.570. The van der Waals surface area contributed by atoms with Crippen molar-refractivity contribution in [2.75, 3.05) is 0 Å². The number of rotatable bonds is 5. The summed E-state index contributed by atoms with van der Waals surface area (Å²) in [5, 5.41) is 11.8. The monoisotopic (exact) mass is 173 g/mol. The number of aliphatic hydroxyl groups excluding tert-OH is 1. The van der Waals surface area contributed by atoms with Crippen molar-refractivity contribution in [1.29, 1.82) is 0 Å². The van der Waals surface area contributed by atoms with Gasteiger partial charge in [0, 0.05) is 13.0 Å². The maximum atomic E-state index is 10.6. The third kappa shape index (κ3) is 7.54. The minimum absolute atomic E-state index is 0.0135. The lowest BCUT2D eigenvalue weighted by molar-refractivity contribution is -0.119. The van der Waals surface area contributed by atoms with Crippen LogP contribution in [0, 0.1) is 0 Å². The van der Waals surface area contributed by atoms with Gasteiger partial charge in [-0.2, -0.15) is 0 Å². The lowest BCUT2D eigenvalue weighted by Crippen LogP contribution is -2.30. The smallest absolute Gasteiger partial charge is 0.217 e. The van der Waals surface area contributed by atoms with Gasteiger partial charge in [-0.3, -0.25) is 4.79 Å². The Balaban J connectivity index is 3.31. The Morgan fingerprint density at radius 3 is 2.42 bits per heavy atom. The fraction of sp³-hybridized carbons (Fsp3) is 0.889. The molecule has 0 spiro atoms. The molecular weight excluding hydrogens is 154 g/mol. The van der Waals surface area contributed by atoms with E-state index in [0.29, 0.717) is 0 Å². The minimum atomic E-state index is -0.227. The first-order chi connectivity index (χ1) is 5.52. The molecule has 0 radical (unpaired) electrons. The number of aliphatic hydroxyl groups is 1. The Morgan fingerprint density at radius 1 is 1.42 bits per heavy atom. The van der Waals surface area contributed by atoms with E-state index in [4.69, 9.17) is 5.11 Å². The highest BCUT2D eigenvalue weighted by atomic mass is 16.3. The Kier molecular flexibility index (Phi) is 5.72. The number of carbonyl (C=O) groups is 1. The second kappa shape index (κ2) is 6.00. The Bertz CT molecular complexity index is 134. The SMILES string of the molecule is CC(=O)NC(C)CCCC(C)O. The number of carbonyl (C=O) groups excluding carboxylic acids is 1.